The predicted octanol–water partition coefficient (Wildman–Crippen LogP) is 16.8. The summed E-state index contributed by atoms with van der Waals surface area (Å²) in [6, 6.07) is 83.2. The third-order valence-corrected chi connectivity index (χ3v) is 13.5. The number of aromatic nitrogens is 2. The van der Waals surface area contributed by atoms with E-state index in [0.717, 1.165) is 44.6 Å². The zero-order valence-corrected chi connectivity index (χ0v) is 36.3. The van der Waals surface area contributed by atoms with Gasteiger partial charge in [0, 0.05) is 22.1 Å². The van der Waals surface area contributed by atoms with Gasteiger partial charge in [0.15, 0.2) is 5.82 Å². The second kappa shape index (κ2) is 15.6. The fourth-order valence-electron chi connectivity index (χ4n) is 10.5. The van der Waals surface area contributed by atoms with Gasteiger partial charge in [-0.15, -0.1) is 0 Å². The molecule has 0 atom stereocenters. The molecule has 1 aromatic heterocycles. The minimum Gasteiger partial charge on any atom is -0.228 e. The second-order valence-electron chi connectivity index (χ2n) is 17.6. The van der Waals surface area contributed by atoms with Crippen molar-refractivity contribution < 1.29 is 0 Å². The number of hydrogen-bond donors (Lipinski definition) is 0. The van der Waals surface area contributed by atoms with Gasteiger partial charge in [0.1, 0.15) is 0 Å². The van der Waals surface area contributed by atoms with E-state index in [-0.39, 0.29) is 5.41 Å². The lowest BCUT2D eigenvalue weighted by Gasteiger charge is -2.25. The molecule has 0 fully saturated rings. The van der Waals surface area contributed by atoms with Gasteiger partial charge in [0.05, 0.1) is 11.4 Å². The Kier molecular flexibility index (Phi) is 9.21. The summed E-state index contributed by atoms with van der Waals surface area (Å²) in [5.74, 6) is 0.694. The third-order valence-electron chi connectivity index (χ3n) is 13.5. The molecule has 0 spiro atoms. The van der Waals surface area contributed by atoms with Crippen molar-refractivity contribution in [1.29, 1.82) is 0 Å². The SMILES string of the molecule is CC1(C)c2ccccc2-c2cccc(-c3ccc(-c4ccc(-c5cc(-c6ccc(-c7ccccc7)c(-c7ccccc7)c6)nc(-c6ccccc6)n5)c5ccccc45)c4ccccc34)c21. The van der Waals surface area contributed by atoms with E-state index in [9.17, 15) is 0 Å². The molecule has 2 nitrogen and oxygen atoms in total. The van der Waals surface area contributed by atoms with Crippen LogP contribution in [0.25, 0.3) is 111 Å². The van der Waals surface area contributed by atoms with Crippen molar-refractivity contribution in [2.24, 2.45) is 0 Å². The van der Waals surface area contributed by atoms with Crippen LogP contribution in [0.15, 0.2) is 231 Å². The summed E-state index contributed by atoms with van der Waals surface area (Å²) in [5.41, 5.74) is 19.8. The number of hydrogen-bond acceptors (Lipinski definition) is 2. The Morgan fingerprint density at radius 2 is 0.708 bits per heavy atom. The lowest BCUT2D eigenvalue weighted by molar-refractivity contribution is 0.662. The normalized spacial score (nSPS) is 12.6. The van der Waals surface area contributed by atoms with Gasteiger partial charge in [-0.05, 0) is 100 Å². The fraction of sp³-hybridized carbons (Fsp3) is 0.0476. The Hall–Kier alpha value is -8.20. The van der Waals surface area contributed by atoms with Crippen molar-refractivity contribution >= 4 is 21.5 Å². The van der Waals surface area contributed by atoms with Crippen molar-refractivity contribution in [1.82, 2.24) is 9.97 Å². The van der Waals surface area contributed by atoms with E-state index in [2.05, 4.69) is 238 Å². The van der Waals surface area contributed by atoms with Gasteiger partial charge in [0.25, 0.3) is 0 Å². The van der Waals surface area contributed by atoms with Gasteiger partial charge in [0.2, 0.25) is 0 Å². The molecule has 0 amide bonds. The van der Waals surface area contributed by atoms with E-state index in [0.29, 0.717) is 5.82 Å². The zero-order valence-electron chi connectivity index (χ0n) is 36.3. The highest BCUT2D eigenvalue weighted by atomic mass is 14.9. The molecule has 65 heavy (non-hydrogen) atoms. The van der Waals surface area contributed by atoms with Crippen molar-refractivity contribution in [2.75, 3.05) is 0 Å². The maximum absolute atomic E-state index is 5.34. The van der Waals surface area contributed by atoms with Crippen LogP contribution in [0, 0.1) is 0 Å². The van der Waals surface area contributed by atoms with Crippen LogP contribution in [-0.2, 0) is 5.41 Å². The summed E-state index contributed by atoms with van der Waals surface area (Å²) >= 11 is 0. The van der Waals surface area contributed by atoms with Gasteiger partial charge in [-0.3, -0.25) is 0 Å². The Labute approximate surface area is 380 Å². The van der Waals surface area contributed by atoms with Crippen molar-refractivity contribution in [3.8, 4) is 89.5 Å². The van der Waals surface area contributed by atoms with E-state index in [1.807, 2.05) is 6.07 Å². The van der Waals surface area contributed by atoms with Crippen LogP contribution >= 0.6 is 0 Å². The summed E-state index contributed by atoms with van der Waals surface area (Å²) in [4.78, 5) is 10.6. The lowest BCUT2D eigenvalue weighted by Crippen LogP contribution is -2.16. The van der Waals surface area contributed by atoms with Crippen LogP contribution in [0.4, 0.5) is 0 Å². The first-order valence-electron chi connectivity index (χ1n) is 22.5. The first kappa shape index (κ1) is 38.5. The largest absolute Gasteiger partial charge is 0.228 e. The summed E-state index contributed by atoms with van der Waals surface area (Å²) in [7, 11) is 0. The van der Waals surface area contributed by atoms with E-state index < -0.39 is 0 Å². The van der Waals surface area contributed by atoms with Crippen molar-refractivity contribution in [2.45, 2.75) is 19.3 Å². The topological polar surface area (TPSA) is 25.8 Å². The van der Waals surface area contributed by atoms with Gasteiger partial charge < -0.3 is 0 Å². The standard InChI is InChI=1S/C63H44N2/c1-63(2)58-32-17-16-29-53(58)56-31-18-30-55(61(56)63)52-36-35-50(46-25-12-13-26-47(46)52)51-37-38-54(49-28-15-14-27-48(49)51)60-40-59(64-62(65-60)43-23-10-5-11-24-43)44-33-34-45(41-19-6-3-7-20-41)57(39-44)42-21-8-4-9-22-42/h3-40H,1-2H3. The highest BCUT2D eigenvalue weighted by Gasteiger charge is 2.37. The summed E-state index contributed by atoms with van der Waals surface area (Å²) in [6.45, 7) is 4.75. The molecule has 0 unspecified atom stereocenters. The molecule has 306 valence electrons. The van der Waals surface area contributed by atoms with Crippen LogP contribution in [0.5, 0.6) is 0 Å². The van der Waals surface area contributed by atoms with Gasteiger partial charge in [-0.1, -0.05) is 232 Å². The smallest absolute Gasteiger partial charge is 0.160 e. The maximum Gasteiger partial charge on any atom is 0.160 e. The Morgan fingerprint density at radius 3 is 1.32 bits per heavy atom. The third kappa shape index (κ3) is 6.49. The van der Waals surface area contributed by atoms with Crippen LogP contribution in [0.3, 0.4) is 0 Å². The van der Waals surface area contributed by atoms with Crippen LogP contribution in [0.1, 0.15) is 25.0 Å². The number of benzene rings is 10. The van der Waals surface area contributed by atoms with Crippen LogP contribution < -0.4 is 0 Å². The Bertz CT molecular complexity index is 3610. The second-order valence-corrected chi connectivity index (χ2v) is 17.6. The zero-order chi connectivity index (χ0) is 43.5. The molecule has 12 rings (SSSR count). The number of nitrogens with zero attached hydrogens (tertiary/aromatic N) is 2. The Morgan fingerprint density at radius 1 is 0.277 bits per heavy atom. The first-order chi connectivity index (χ1) is 32.0. The van der Waals surface area contributed by atoms with Gasteiger partial charge >= 0.3 is 0 Å². The van der Waals surface area contributed by atoms with Crippen molar-refractivity contribution in [3.05, 3.63) is 242 Å². The predicted molar refractivity (Wildman–Crippen MR) is 273 cm³/mol. The van der Waals surface area contributed by atoms with E-state index >= 15 is 0 Å². The summed E-state index contributed by atoms with van der Waals surface area (Å²) < 4.78 is 0. The molecule has 0 aliphatic heterocycles. The monoisotopic (exact) mass is 828 g/mol. The lowest BCUT2D eigenvalue weighted by atomic mass is 9.78. The molecule has 10 aromatic carbocycles. The molecule has 1 heterocycles. The summed E-state index contributed by atoms with van der Waals surface area (Å²) in [6.07, 6.45) is 0. The summed E-state index contributed by atoms with van der Waals surface area (Å²) in [5, 5.41) is 4.81. The highest BCUT2D eigenvalue weighted by Crippen LogP contribution is 2.53. The molecule has 0 radical (unpaired) electrons. The average Bonchev–Trinajstić information content (AvgIpc) is 3.62. The van der Waals surface area contributed by atoms with E-state index in [1.54, 1.807) is 0 Å². The molecule has 0 saturated carbocycles. The van der Waals surface area contributed by atoms with Gasteiger partial charge in [-0.2, -0.15) is 0 Å². The molecule has 11 aromatic rings. The molecule has 2 heteroatoms. The first-order valence-corrected chi connectivity index (χ1v) is 22.5. The van der Waals surface area contributed by atoms with Crippen LogP contribution in [-0.4, -0.2) is 9.97 Å². The fourth-order valence-corrected chi connectivity index (χ4v) is 10.5. The van der Waals surface area contributed by atoms with E-state index in [4.69, 9.17) is 9.97 Å². The van der Waals surface area contributed by atoms with Crippen LogP contribution in [0.2, 0.25) is 0 Å². The number of fused-ring (bicyclic) bond motifs is 5. The molecular formula is C63H44N2. The molecular weight excluding hydrogens is 785 g/mol. The maximum atomic E-state index is 5.34. The average molecular weight is 829 g/mol. The molecule has 1 aliphatic carbocycles. The molecule has 0 bridgehead atoms. The van der Waals surface area contributed by atoms with E-state index in [1.165, 1.54) is 71.8 Å². The Balaban J connectivity index is 1.02. The molecule has 1 aliphatic rings. The molecule has 0 N–H and O–H groups in total. The quantitative estimate of drug-likeness (QED) is 0.160. The van der Waals surface area contributed by atoms with Gasteiger partial charge in [-0.25, -0.2) is 9.97 Å². The van der Waals surface area contributed by atoms with Crippen molar-refractivity contribution in [3.63, 3.8) is 0 Å². The minimum atomic E-state index is -0.120. The minimum absolute atomic E-state index is 0.120. The number of rotatable bonds is 7. The highest BCUT2D eigenvalue weighted by molar-refractivity contribution is 6.12. The molecule has 0 saturated heterocycles.